The lowest BCUT2D eigenvalue weighted by Crippen LogP contribution is -2.38. The van der Waals surface area contributed by atoms with Crippen LogP contribution in [-0.2, 0) is 12.8 Å². The van der Waals surface area contributed by atoms with E-state index in [1.165, 1.54) is 11.1 Å². The van der Waals surface area contributed by atoms with E-state index in [0.717, 1.165) is 61.2 Å². The summed E-state index contributed by atoms with van der Waals surface area (Å²) in [7, 11) is 3.46. The van der Waals surface area contributed by atoms with Gasteiger partial charge < -0.3 is 24.5 Å². The van der Waals surface area contributed by atoms with Crippen LogP contribution in [0.5, 0.6) is 11.5 Å². The summed E-state index contributed by atoms with van der Waals surface area (Å²) in [4.78, 5) is 9.03. The highest BCUT2D eigenvalue weighted by molar-refractivity contribution is 14.0. The first-order valence-electron chi connectivity index (χ1n) is 10.8. The predicted molar refractivity (Wildman–Crippen MR) is 141 cm³/mol. The Bertz CT molecular complexity index is 1020. The number of benzene rings is 1. The van der Waals surface area contributed by atoms with E-state index >= 15 is 0 Å². The minimum atomic E-state index is 0. The van der Waals surface area contributed by atoms with Gasteiger partial charge in [-0.1, -0.05) is 12.1 Å². The number of hydrogen-bond acceptors (Lipinski definition) is 4. The molecule has 3 aromatic rings. The summed E-state index contributed by atoms with van der Waals surface area (Å²) in [5.74, 6) is 2.38. The van der Waals surface area contributed by atoms with Crippen LogP contribution >= 0.6 is 24.0 Å². The van der Waals surface area contributed by atoms with E-state index in [1.807, 2.05) is 25.3 Å². The highest BCUT2D eigenvalue weighted by atomic mass is 127. The predicted octanol–water partition coefficient (Wildman–Crippen LogP) is 4.01. The third-order valence-electron chi connectivity index (χ3n) is 5.09. The molecule has 0 spiro atoms. The van der Waals surface area contributed by atoms with Gasteiger partial charge in [-0.25, -0.2) is 4.98 Å². The monoisotopic (exact) mass is 551 g/mol. The maximum Gasteiger partial charge on any atom is 0.190 e. The molecule has 174 valence electrons. The number of rotatable bonds is 10. The maximum atomic E-state index is 5.66. The molecule has 1 aromatic carbocycles. The van der Waals surface area contributed by atoms with E-state index in [0.29, 0.717) is 6.61 Å². The van der Waals surface area contributed by atoms with Crippen molar-refractivity contribution < 1.29 is 9.47 Å². The average Bonchev–Trinajstić information content (AvgIpc) is 3.20. The number of methoxy groups -OCH3 is 1. The molecule has 0 amide bonds. The molecular weight excluding hydrogens is 517 g/mol. The SMILES string of the molecule is CCOc1cc(CCCNC(=NC)NCCc2cn3cccc(C)c3n2)ccc1OC.I. The van der Waals surface area contributed by atoms with Crippen molar-refractivity contribution in [2.75, 3.05) is 33.9 Å². The van der Waals surface area contributed by atoms with Gasteiger partial charge in [0.05, 0.1) is 19.4 Å². The minimum Gasteiger partial charge on any atom is -0.493 e. The normalized spacial score (nSPS) is 11.2. The summed E-state index contributed by atoms with van der Waals surface area (Å²) in [5, 5.41) is 6.75. The minimum absolute atomic E-state index is 0. The topological polar surface area (TPSA) is 72.2 Å². The van der Waals surface area contributed by atoms with Crippen molar-refractivity contribution in [3.8, 4) is 11.5 Å². The van der Waals surface area contributed by atoms with E-state index in [2.05, 4.69) is 51.3 Å². The fourth-order valence-electron chi connectivity index (χ4n) is 3.50. The van der Waals surface area contributed by atoms with Crippen LogP contribution in [-0.4, -0.2) is 49.2 Å². The molecule has 0 radical (unpaired) electrons. The number of nitrogens with zero attached hydrogens (tertiary/aromatic N) is 3. The molecule has 0 fully saturated rings. The van der Waals surface area contributed by atoms with Gasteiger partial charge in [0.1, 0.15) is 5.65 Å². The lowest BCUT2D eigenvalue weighted by molar-refractivity contribution is 0.310. The molecule has 7 nitrogen and oxygen atoms in total. The fraction of sp³-hybridized carbons (Fsp3) is 0.417. The van der Waals surface area contributed by atoms with Crippen molar-refractivity contribution in [3.63, 3.8) is 0 Å². The number of halogens is 1. The summed E-state index contributed by atoms with van der Waals surface area (Å²) in [5.41, 5.74) is 4.51. The zero-order chi connectivity index (χ0) is 22.1. The summed E-state index contributed by atoms with van der Waals surface area (Å²) in [6.07, 6.45) is 6.91. The van der Waals surface area contributed by atoms with Crippen molar-refractivity contribution in [1.82, 2.24) is 20.0 Å². The van der Waals surface area contributed by atoms with E-state index in [-0.39, 0.29) is 24.0 Å². The smallest absolute Gasteiger partial charge is 0.190 e. The number of guanidine groups is 1. The number of aliphatic imine (C=N–C) groups is 1. The van der Waals surface area contributed by atoms with Crippen LogP contribution < -0.4 is 20.1 Å². The number of ether oxygens (including phenoxy) is 2. The van der Waals surface area contributed by atoms with Crippen LogP contribution in [0.2, 0.25) is 0 Å². The van der Waals surface area contributed by atoms with Crippen LogP contribution in [0.1, 0.15) is 30.2 Å². The van der Waals surface area contributed by atoms with Gasteiger partial charge in [0.2, 0.25) is 0 Å². The van der Waals surface area contributed by atoms with Crippen LogP contribution in [0, 0.1) is 6.92 Å². The number of fused-ring (bicyclic) bond motifs is 1. The Morgan fingerprint density at radius 3 is 2.66 bits per heavy atom. The molecule has 0 aliphatic carbocycles. The number of hydrogen-bond donors (Lipinski definition) is 2. The fourth-order valence-corrected chi connectivity index (χ4v) is 3.50. The number of pyridine rings is 1. The van der Waals surface area contributed by atoms with Gasteiger partial charge >= 0.3 is 0 Å². The van der Waals surface area contributed by atoms with E-state index in [1.54, 1.807) is 14.2 Å². The lowest BCUT2D eigenvalue weighted by Gasteiger charge is -2.13. The van der Waals surface area contributed by atoms with Crippen LogP contribution in [0.25, 0.3) is 5.65 Å². The quantitative estimate of drug-likeness (QED) is 0.173. The number of aromatic nitrogens is 2. The van der Waals surface area contributed by atoms with Gasteiger partial charge in [-0.15, -0.1) is 24.0 Å². The average molecular weight is 551 g/mol. The van der Waals surface area contributed by atoms with Crippen LogP contribution in [0.15, 0.2) is 47.7 Å². The zero-order valence-electron chi connectivity index (χ0n) is 19.4. The number of nitrogens with one attached hydrogen (secondary N) is 2. The van der Waals surface area contributed by atoms with Crippen molar-refractivity contribution in [3.05, 3.63) is 59.5 Å². The molecule has 0 atom stereocenters. The molecule has 3 rings (SSSR count). The number of aryl methyl sites for hydroxylation is 2. The molecule has 0 aliphatic rings. The lowest BCUT2D eigenvalue weighted by atomic mass is 10.1. The first-order valence-corrected chi connectivity index (χ1v) is 10.8. The van der Waals surface area contributed by atoms with Gasteiger partial charge in [0.15, 0.2) is 17.5 Å². The maximum absolute atomic E-state index is 5.66. The highest BCUT2D eigenvalue weighted by Crippen LogP contribution is 2.28. The summed E-state index contributed by atoms with van der Waals surface area (Å²) in [6.45, 7) is 6.30. The van der Waals surface area contributed by atoms with Crippen molar-refractivity contribution in [2.45, 2.75) is 33.1 Å². The van der Waals surface area contributed by atoms with Gasteiger partial charge in [0, 0.05) is 39.0 Å². The Hall–Kier alpha value is -2.49. The van der Waals surface area contributed by atoms with E-state index < -0.39 is 0 Å². The Kier molecular flexibility index (Phi) is 10.6. The van der Waals surface area contributed by atoms with Crippen LogP contribution in [0.3, 0.4) is 0 Å². The zero-order valence-corrected chi connectivity index (χ0v) is 21.7. The molecule has 32 heavy (non-hydrogen) atoms. The first-order chi connectivity index (χ1) is 15.1. The summed E-state index contributed by atoms with van der Waals surface area (Å²) in [6, 6.07) is 10.2. The summed E-state index contributed by atoms with van der Waals surface area (Å²) < 4.78 is 13.1. The summed E-state index contributed by atoms with van der Waals surface area (Å²) >= 11 is 0. The molecule has 2 aromatic heterocycles. The molecular formula is C24H34IN5O2. The largest absolute Gasteiger partial charge is 0.493 e. The highest BCUT2D eigenvalue weighted by Gasteiger charge is 2.06. The van der Waals surface area contributed by atoms with Crippen LogP contribution in [0.4, 0.5) is 0 Å². The molecule has 2 heterocycles. The van der Waals surface area contributed by atoms with E-state index in [4.69, 9.17) is 14.5 Å². The Balaban J connectivity index is 0.00000363. The second kappa shape index (κ2) is 13.1. The Morgan fingerprint density at radius 1 is 1.12 bits per heavy atom. The molecule has 0 unspecified atom stereocenters. The third-order valence-corrected chi connectivity index (χ3v) is 5.09. The molecule has 8 heteroatoms. The third kappa shape index (κ3) is 7.01. The van der Waals surface area contributed by atoms with Crippen molar-refractivity contribution >= 4 is 35.6 Å². The van der Waals surface area contributed by atoms with Crippen molar-refractivity contribution in [2.24, 2.45) is 4.99 Å². The Labute approximate surface area is 207 Å². The van der Waals surface area contributed by atoms with Gasteiger partial charge in [-0.2, -0.15) is 0 Å². The van der Waals surface area contributed by atoms with Gasteiger partial charge in [0.25, 0.3) is 0 Å². The molecule has 0 aliphatic heterocycles. The molecule has 0 saturated carbocycles. The first kappa shape index (κ1) is 25.8. The second-order valence-corrected chi connectivity index (χ2v) is 7.35. The molecule has 0 bridgehead atoms. The molecule has 0 saturated heterocycles. The second-order valence-electron chi connectivity index (χ2n) is 7.35. The standard InChI is InChI=1S/C24H33N5O2.HI/c1-5-31-22-16-19(10-11-21(22)30-4)9-6-13-26-24(25-3)27-14-12-20-17-29-15-7-8-18(2)23(29)28-20;/h7-8,10-11,15-17H,5-6,9,12-14H2,1-4H3,(H2,25,26,27);1H. The number of imidazole rings is 1. The van der Waals surface area contributed by atoms with E-state index in [9.17, 15) is 0 Å². The van der Waals surface area contributed by atoms with Crippen molar-refractivity contribution in [1.29, 1.82) is 0 Å². The van der Waals surface area contributed by atoms with Gasteiger partial charge in [-0.05, 0) is 56.0 Å². The van der Waals surface area contributed by atoms with Gasteiger partial charge in [-0.3, -0.25) is 4.99 Å². The Morgan fingerprint density at radius 2 is 1.94 bits per heavy atom. The molecule has 2 N–H and O–H groups in total.